The molecular formula is C15H12Cl2F2N2OS. The van der Waals surface area contributed by atoms with E-state index in [-0.39, 0.29) is 10.9 Å². The number of hydrogen-bond acceptors (Lipinski definition) is 2. The van der Waals surface area contributed by atoms with Crippen molar-refractivity contribution in [2.75, 3.05) is 10.6 Å². The molecule has 0 heterocycles. The third kappa shape index (κ3) is 5.49. The second kappa shape index (κ2) is 7.77. The lowest BCUT2D eigenvalue weighted by molar-refractivity contribution is -0.0493. The van der Waals surface area contributed by atoms with E-state index in [4.69, 9.17) is 35.4 Å². The van der Waals surface area contributed by atoms with Gasteiger partial charge in [0.1, 0.15) is 5.75 Å². The monoisotopic (exact) mass is 376 g/mol. The van der Waals surface area contributed by atoms with Crippen molar-refractivity contribution < 1.29 is 13.5 Å². The number of nitrogens with one attached hydrogen (secondary N) is 2. The Kier molecular flexibility index (Phi) is 5.98. The summed E-state index contributed by atoms with van der Waals surface area (Å²) < 4.78 is 29.4. The molecule has 2 aromatic carbocycles. The Morgan fingerprint density at radius 2 is 1.74 bits per heavy atom. The lowest BCUT2D eigenvalue weighted by atomic mass is 10.2. The third-order valence-electron chi connectivity index (χ3n) is 2.72. The molecule has 0 bridgehead atoms. The van der Waals surface area contributed by atoms with Crippen LogP contribution < -0.4 is 15.4 Å². The lowest BCUT2D eigenvalue weighted by Gasteiger charge is -2.15. The van der Waals surface area contributed by atoms with Crippen molar-refractivity contribution in [2.45, 2.75) is 13.5 Å². The molecule has 2 N–H and O–H groups in total. The predicted octanol–water partition coefficient (Wildman–Crippen LogP) is 5.71. The van der Waals surface area contributed by atoms with Crippen LogP contribution in [0.15, 0.2) is 36.4 Å². The van der Waals surface area contributed by atoms with E-state index in [0.29, 0.717) is 21.4 Å². The first-order valence-corrected chi connectivity index (χ1v) is 7.59. The van der Waals surface area contributed by atoms with E-state index in [0.717, 1.165) is 5.56 Å². The number of anilines is 2. The SMILES string of the molecule is Cc1ccc(OC(F)F)c(NC(=S)Nc2cc(Cl)cc(Cl)c2)c1. The van der Waals surface area contributed by atoms with Gasteiger partial charge in [0.15, 0.2) is 5.11 Å². The van der Waals surface area contributed by atoms with Crippen LogP contribution in [0.1, 0.15) is 5.56 Å². The Bertz CT molecular complexity index is 708. The summed E-state index contributed by atoms with van der Waals surface area (Å²) in [7, 11) is 0. The second-order valence-electron chi connectivity index (χ2n) is 4.62. The molecule has 0 fully saturated rings. The highest BCUT2D eigenvalue weighted by Crippen LogP contribution is 2.28. The molecule has 0 amide bonds. The normalized spacial score (nSPS) is 10.5. The highest BCUT2D eigenvalue weighted by Gasteiger charge is 2.11. The zero-order valence-electron chi connectivity index (χ0n) is 11.9. The summed E-state index contributed by atoms with van der Waals surface area (Å²) in [6.07, 6.45) is 0. The van der Waals surface area contributed by atoms with Gasteiger partial charge in [-0.25, -0.2) is 0 Å². The molecule has 2 aromatic rings. The molecule has 122 valence electrons. The van der Waals surface area contributed by atoms with Crippen LogP contribution in [0, 0.1) is 6.92 Å². The molecule has 0 spiro atoms. The van der Waals surface area contributed by atoms with Gasteiger partial charge in [0.25, 0.3) is 0 Å². The van der Waals surface area contributed by atoms with Crippen LogP contribution in [-0.4, -0.2) is 11.7 Å². The average molecular weight is 377 g/mol. The molecule has 0 aromatic heterocycles. The topological polar surface area (TPSA) is 33.3 Å². The summed E-state index contributed by atoms with van der Waals surface area (Å²) in [6, 6.07) is 9.61. The number of ether oxygens (including phenoxy) is 1. The second-order valence-corrected chi connectivity index (χ2v) is 5.90. The van der Waals surface area contributed by atoms with Crippen molar-refractivity contribution in [3.8, 4) is 5.75 Å². The van der Waals surface area contributed by atoms with E-state index in [1.807, 2.05) is 6.92 Å². The first-order valence-electron chi connectivity index (χ1n) is 6.43. The van der Waals surface area contributed by atoms with Crippen LogP contribution >= 0.6 is 35.4 Å². The summed E-state index contributed by atoms with van der Waals surface area (Å²) in [5.41, 5.74) is 1.77. The summed E-state index contributed by atoms with van der Waals surface area (Å²) in [4.78, 5) is 0. The fraction of sp³-hybridized carbons (Fsp3) is 0.133. The molecule has 23 heavy (non-hydrogen) atoms. The van der Waals surface area contributed by atoms with Crippen molar-refractivity contribution in [3.05, 3.63) is 52.0 Å². The van der Waals surface area contributed by atoms with E-state index in [1.165, 1.54) is 6.07 Å². The maximum absolute atomic E-state index is 12.4. The van der Waals surface area contributed by atoms with Crippen LogP contribution in [0.4, 0.5) is 20.2 Å². The summed E-state index contributed by atoms with van der Waals surface area (Å²) in [5.74, 6) is -0.00104. The third-order valence-corrected chi connectivity index (χ3v) is 3.36. The van der Waals surface area contributed by atoms with Gasteiger partial charge in [-0.3, -0.25) is 0 Å². The van der Waals surface area contributed by atoms with Gasteiger partial charge in [0, 0.05) is 15.7 Å². The number of alkyl halides is 2. The number of benzene rings is 2. The summed E-state index contributed by atoms with van der Waals surface area (Å²) >= 11 is 17.0. The number of rotatable bonds is 4. The Labute approximate surface area is 147 Å². The van der Waals surface area contributed by atoms with Gasteiger partial charge in [-0.05, 0) is 55.0 Å². The van der Waals surface area contributed by atoms with E-state index in [1.54, 1.807) is 30.3 Å². The molecule has 3 nitrogen and oxygen atoms in total. The van der Waals surface area contributed by atoms with Crippen LogP contribution in [0.5, 0.6) is 5.75 Å². The molecule has 0 radical (unpaired) electrons. The lowest BCUT2D eigenvalue weighted by Crippen LogP contribution is -2.20. The Hall–Kier alpha value is -1.63. The molecule has 0 aliphatic carbocycles. The maximum Gasteiger partial charge on any atom is 0.387 e. The minimum atomic E-state index is -2.92. The van der Waals surface area contributed by atoms with Crippen LogP contribution in [0.2, 0.25) is 10.0 Å². The van der Waals surface area contributed by atoms with Gasteiger partial charge >= 0.3 is 6.61 Å². The predicted molar refractivity (Wildman–Crippen MR) is 94.1 cm³/mol. The zero-order valence-corrected chi connectivity index (χ0v) is 14.2. The largest absolute Gasteiger partial charge is 0.433 e. The average Bonchev–Trinajstić information content (AvgIpc) is 2.40. The molecule has 0 aliphatic heterocycles. The number of hydrogen-bond donors (Lipinski definition) is 2. The standard InChI is InChI=1S/C15H12Cl2F2N2OS/c1-8-2-3-13(22-14(18)19)12(4-8)21-15(23)20-11-6-9(16)5-10(17)7-11/h2-7,14H,1H3,(H2,20,21,23). The molecule has 8 heteroatoms. The van der Waals surface area contributed by atoms with E-state index < -0.39 is 6.61 Å². The first kappa shape index (κ1) is 17.7. The minimum Gasteiger partial charge on any atom is -0.433 e. The Balaban J connectivity index is 2.14. The van der Waals surface area contributed by atoms with Crippen LogP contribution in [0.25, 0.3) is 0 Å². The molecule has 0 saturated carbocycles. The molecule has 0 aliphatic rings. The van der Waals surface area contributed by atoms with Crippen molar-refractivity contribution >= 4 is 51.9 Å². The van der Waals surface area contributed by atoms with Crippen molar-refractivity contribution in [2.24, 2.45) is 0 Å². The van der Waals surface area contributed by atoms with Gasteiger partial charge < -0.3 is 15.4 Å². The van der Waals surface area contributed by atoms with E-state index >= 15 is 0 Å². The van der Waals surface area contributed by atoms with Crippen LogP contribution in [-0.2, 0) is 0 Å². The fourth-order valence-corrected chi connectivity index (χ4v) is 2.60. The van der Waals surface area contributed by atoms with Gasteiger partial charge in [-0.15, -0.1) is 0 Å². The quantitative estimate of drug-likeness (QED) is 0.669. The number of halogens is 4. The van der Waals surface area contributed by atoms with Gasteiger partial charge in [0.05, 0.1) is 5.69 Å². The highest BCUT2D eigenvalue weighted by atomic mass is 35.5. The first-order chi connectivity index (χ1) is 10.8. The van der Waals surface area contributed by atoms with Crippen molar-refractivity contribution in [1.82, 2.24) is 0 Å². The smallest absolute Gasteiger partial charge is 0.387 e. The zero-order chi connectivity index (χ0) is 17.0. The Morgan fingerprint density at radius 1 is 1.09 bits per heavy atom. The number of thiocarbonyl (C=S) groups is 1. The molecule has 0 atom stereocenters. The minimum absolute atomic E-state index is 0.00104. The van der Waals surface area contributed by atoms with Gasteiger partial charge in [0.2, 0.25) is 0 Å². The van der Waals surface area contributed by atoms with Crippen LogP contribution in [0.3, 0.4) is 0 Å². The highest BCUT2D eigenvalue weighted by molar-refractivity contribution is 7.80. The van der Waals surface area contributed by atoms with Crippen molar-refractivity contribution in [1.29, 1.82) is 0 Å². The molecule has 2 rings (SSSR count). The van der Waals surface area contributed by atoms with Gasteiger partial charge in [-0.2, -0.15) is 8.78 Å². The summed E-state index contributed by atoms with van der Waals surface area (Å²) in [5, 5.41) is 6.78. The van der Waals surface area contributed by atoms with E-state index in [2.05, 4.69) is 15.4 Å². The summed E-state index contributed by atoms with van der Waals surface area (Å²) in [6.45, 7) is -1.10. The van der Waals surface area contributed by atoms with Gasteiger partial charge in [-0.1, -0.05) is 29.3 Å². The number of aryl methyl sites for hydroxylation is 1. The molecule has 0 saturated heterocycles. The Morgan fingerprint density at radius 3 is 2.35 bits per heavy atom. The fourth-order valence-electron chi connectivity index (χ4n) is 1.85. The maximum atomic E-state index is 12.4. The molecule has 0 unspecified atom stereocenters. The van der Waals surface area contributed by atoms with E-state index in [9.17, 15) is 8.78 Å². The van der Waals surface area contributed by atoms with Crippen molar-refractivity contribution in [3.63, 3.8) is 0 Å². The molecular weight excluding hydrogens is 365 g/mol.